The highest BCUT2D eigenvalue weighted by atomic mass is 35.5. The summed E-state index contributed by atoms with van der Waals surface area (Å²) < 4.78 is 0. The minimum Gasteiger partial charge on any atom is -0.342 e. The van der Waals surface area contributed by atoms with E-state index in [4.69, 9.17) is 11.6 Å². The van der Waals surface area contributed by atoms with Gasteiger partial charge in [0.05, 0.1) is 0 Å². The quantitative estimate of drug-likeness (QED) is 0.758. The van der Waals surface area contributed by atoms with Crippen LogP contribution in [0.25, 0.3) is 0 Å². The van der Waals surface area contributed by atoms with Gasteiger partial charge >= 0.3 is 0 Å². The van der Waals surface area contributed by atoms with Crippen LogP contribution in [-0.4, -0.2) is 24.4 Å². The molecule has 0 N–H and O–H groups in total. The van der Waals surface area contributed by atoms with Gasteiger partial charge in [0, 0.05) is 24.2 Å². The number of hydrogen-bond acceptors (Lipinski definition) is 1. The van der Waals surface area contributed by atoms with Crippen molar-refractivity contribution in [1.29, 1.82) is 0 Å². The third-order valence-electron chi connectivity index (χ3n) is 1.89. The summed E-state index contributed by atoms with van der Waals surface area (Å²) in [5.41, 5.74) is 0.636. The van der Waals surface area contributed by atoms with Crippen LogP contribution in [0.2, 0.25) is 5.02 Å². The Labute approximate surface area is 96.9 Å². The molecule has 0 bridgehead atoms. The van der Waals surface area contributed by atoms with E-state index in [1.165, 1.54) is 0 Å². The average Bonchev–Trinajstić information content (AvgIpc) is 2.29. The van der Waals surface area contributed by atoms with Crippen molar-refractivity contribution in [2.24, 2.45) is 0 Å². The van der Waals surface area contributed by atoms with Crippen LogP contribution in [0, 0.1) is 0 Å². The Morgan fingerprint density at radius 1 is 1.40 bits per heavy atom. The standard InChI is InChI=1S/C10H12ClNO.C2H6/c1-3-12(2)10(13)8-5-4-6-9(11)7-8;1-2/h4-7H,3H2,1-2H3;1-2H3. The average molecular weight is 228 g/mol. The summed E-state index contributed by atoms with van der Waals surface area (Å²) in [6, 6.07) is 6.97. The van der Waals surface area contributed by atoms with E-state index < -0.39 is 0 Å². The second kappa shape index (κ2) is 7.30. The van der Waals surface area contributed by atoms with Crippen molar-refractivity contribution in [2.75, 3.05) is 13.6 Å². The molecule has 0 unspecified atom stereocenters. The van der Waals surface area contributed by atoms with Gasteiger partial charge in [0.25, 0.3) is 5.91 Å². The molecule has 0 spiro atoms. The molecule has 15 heavy (non-hydrogen) atoms. The van der Waals surface area contributed by atoms with Gasteiger partial charge in [0.1, 0.15) is 0 Å². The van der Waals surface area contributed by atoms with Gasteiger partial charge in [0.15, 0.2) is 0 Å². The number of rotatable bonds is 2. The van der Waals surface area contributed by atoms with Crippen LogP contribution < -0.4 is 0 Å². The van der Waals surface area contributed by atoms with Crippen molar-refractivity contribution < 1.29 is 4.79 Å². The maximum absolute atomic E-state index is 11.6. The summed E-state index contributed by atoms with van der Waals surface area (Å²) in [7, 11) is 1.77. The Bertz CT molecular complexity index is 312. The summed E-state index contributed by atoms with van der Waals surface area (Å²) in [6.07, 6.45) is 0. The van der Waals surface area contributed by atoms with Gasteiger partial charge in [-0.15, -0.1) is 0 Å². The summed E-state index contributed by atoms with van der Waals surface area (Å²) in [5.74, 6) is 0.00463. The molecule has 0 radical (unpaired) electrons. The third kappa shape index (κ3) is 4.34. The SMILES string of the molecule is CC.CCN(C)C(=O)c1cccc(Cl)c1. The van der Waals surface area contributed by atoms with E-state index in [0.717, 1.165) is 0 Å². The van der Waals surface area contributed by atoms with Crippen LogP contribution in [0.4, 0.5) is 0 Å². The Morgan fingerprint density at radius 3 is 2.47 bits per heavy atom. The molecule has 0 aliphatic carbocycles. The molecule has 0 fully saturated rings. The van der Waals surface area contributed by atoms with Crippen molar-refractivity contribution in [3.8, 4) is 0 Å². The van der Waals surface area contributed by atoms with E-state index >= 15 is 0 Å². The molecule has 2 nitrogen and oxygen atoms in total. The first-order valence-corrected chi connectivity index (χ1v) is 5.54. The van der Waals surface area contributed by atoms with Crippen molar-refractivity contribution in [3.05, 3.63) is 34.9 Å². The maximum Gasteiger partial charge on any atom is 0.253 e. The summed E-state index contributed by atoms with van der Waals surface area (Å²) in [6.45, 7) is 6.63. The topological polar surface area (TPSA) is 20.3 Å². The molecule has 84 valence electrons. The molecule has 1 aromatic carbocycles. The Balaban J connectivity index is 0.000000921. The van der Waals surface area contributed by atoms with Crippen molar-refractivity contribution in [1.82, 2.24) is 4.90 Å². The molecule has 0 saturated heterocycles. The molecule has 1 rings (SSSR count). The van der Waals surface area contributed by atoms with E-state index in [2.05, 4.69) is 0 Å². The largest absolute Gasteiger partial charge is 0.342 e. The lowest BCUT2D eigenvalue weighted by Gasteiger charge is -2.14. The van der Waals surface area contributed by atoms with Crippen LogP contribution in [0.3, 0.4) is 0 Å². The number of carbonyl (C=O) groups excluding carboxylic acids is 1. The zero-order chi connectivity index (χ0) is 11.8. The smallest absolute Gasteiger partial charge is 0.253 e. The van der Waals surface area contributed by atoms with Gasteiger partial charge in [-0.05, 0) is 25.1 Å². The lowest BCUT2D eigenvalue weighted by molar-refractivity contribution is 0.0802. The van der Waals surface area contributed by atoms with Gasteiger partial charge in [-0.2, -0.15) is 0 Å². The normalized spacial score (nSPS) is 8.87. The van der Waals surface area contributed by atoms with E-state index in [9.17, 15) is 4.79 Å². The number of carbonyl (C=O) groups is 1. The zero-order valence-electron chi connectivity index (χ0n) is 9.75. The van der Waals surface area contributed by atoms with Gasteiger partial charge in [-0.25, -0.2) is 0 Å². The molecule has 0 aromatic heterocycles. The third-order valence-corrected chi connectivity index (χ3v) is 2.13. The van der Waals surface area contributed by atoms with Gasteiger partial charge in [-0.3, -0.25) is 4.79 Å². The van der Waals surface area contributed by atoms with E-state index in [0.29, 0.717) is 17.1 Å². The van der Waals surface area contributed by atoms with Crippen molar-refractivity contribution >= 4 is 17.5 Å². The maximum atomic E-state index is 11.6. The van der Waals surface area contributed by atoms with Crippen LogP contribution in [0.5, 0.6) is 0 Å². The summed E-state index contributed by atoms with van der Waals surface area (Å²) in [5, 5.41) is 0.593. The fourth-order valence-electron chi connectivity index (χ4n) is 0.986. The molecule has 0 heterocycles. The van der Waals surface area contributed by atoms with Crippen LogP contribution >= 0.6 is 11.6 Å². The molecular formula is C12H18ClNO. The first-order valence-electron chi connectivity index (χ1n) is 5.16. The second-order valence-electron chi connectivity index (χ2n) is 2.83. The molecule has 0 saturated carbocycles. The number of nitrogens with zero attached hydrogens (tertiary/aromatic N) is 1. The fourth-order valence-corrected chi connectivity index (χ4v) is 1.18. The number of benzene rings is 1. The molecule has 0 atom stereocenters. The number of hydrogen-bond donors (Lipinski definition) is 0. The first kappa shape index (κ1) is 14.0. The van der Waals surface area contributed by atoms with Gasteiger partial charge in [-0.1, -0.05) is 31.5 Å². The van der Waals surface area contributed by atoms with E-state index in [1.807, 2.05) is 20.8 Å². The fraction of sp³-hybridized carbons (Fsp3) is 0.417. The lowest BCUT2D eigenvalue weighted by Crippen LogP contribution is -2.26. The molecule has 3 heteroatoms. The molecule has 1 aromatic rings. The Hall–Kier alpha value is -1.02. The summed E-state index contributed by atoms with van der Waals surface area (Å²) >= 11 is 5.77. The molecule has 0 aliphatic rings. The van der Waals surface area contributed by atoms with E-state index in [1.54, 1.807) is 36.2 Å². The predicted molar refractivity (Wildman–Crippen MR) is 65.4 cm³/mol. The van der Waals surface area contributed by atoms with E-state index in [-0.39, 0.29) is 5.91 Å². The van der Waals surface area contributed by atoms with Gasteiger partial charge in [0.2, 0.25) is 0 Å². The summed E-state index contributed by atoms with van der Waals surface area (Å²) in [4.78, 5) is 13.2. The highest BCUT2D eigenvalue weighted by Crippen LogP contribution is 2.11. The van der Waals surface area contributed by atoms with Crippen LogP contribution in [-0.2, 0) is 0 Å². The predicted octanol–water partition coefficient (Wildman–Crippen LogP) is 3.46. The second-order valence-corrected chi connectivity index (χ2v) is 3.27. The highest BCUT2D eigenvalue weighted by Gasteiger charge is 2.09. The minimum absolute atomic E-state index is 0.00463. The monoisotopic (exact) mass is 227 g/mol. The molecular weight excluding hydrogens is 210 g/mol. The molecule has 0 aliphatic heterocycles. The number of amides is 1. The Morgan fingerprint density at radius 2 is 2.00 bits per heavy atom. The van der Waals surface area contributed by atoms with Gasteiger partial charge < -0.3 is 4.90 Å². The first-order chi connectivity index (χ1) is 7.15. The van der Waals surface area contributed by atoms with Crippen molar-refractivity contribution in [3.63, 3.8) is 0 Å². The van der Waals surface area contributed by atoms with Crippen LogP contribution in [0.1, 0.15) is 31.1 Å². The Kier molecular flexibility index (Phi) is 6.80. The number of halogens is 1. The van der Waals surface area contributed by atoms with Crippen LogP contribution in [0.15, 0.2) is 24.3 Å². The van der Waals surface area contributed by atoms with Crippen molar-refractivity contribution in [2.45, 2.75) is 20.8 Å². The zero-order valence-corrected chi connectivity index (χ0v) is 10.5. The minimum atomic E-state index is 0.00463. The highest BCUT2D eigenvalue weighted by molar-refractivity contribution is 6.30. The molecule has 1 amide bonds. The lowest BCUT2D eigenvalue weighted by atomic mass is 10.2.